The van der Waals surface area contributed by atoms with Crippen LogP contribution in [0.15, 0.2) is 153 Å². The maximum atomic E-state index is 14.2. The molecular formula is C36H27N3O24S9. The van der Waals surface area contributed by atoms with Gasteiger partial charge in [0.15, 0.2) is 0 Å². The number of hydrogen-bond acceptors (Lipinski definition) is 20. The largest absolute Gasteiger partial charge is 0.295 e. The van der Waals surface area contributed by atoms with Gasteiger partial charge in [-0.1, -0.05) is 23.2 Å². The van der Waals surface area contributed by atoms with Crippen LogP contribution in [0.2, 0.25) is 0 Å². The summed E-state index contributed by atoms with van der Waals surface area (Å²) in [5, 5.41) is 10.1. The van der Waals surface area contributed by atoms with Crippen LogP contribution in [0.4, 0.5) is 17.1 Å². The number of rotatable bonds is 17. The van der Waals surface area contributed by atoms with Gasteiger partial charge in [-0.2, -0.15) is 42.1 Å². The van der Waals surface area contributed by atoms with E-state index in [-0.39, 0.29) is 27.7 Å². The smallest absolute Gasteiger partial charge is 0.282 e. The minimum absolute atomic E-state index is 0.118. The van der Waals surface area contributed by atoms with Crippen LogP contribution in [0.1, 0.15) is 0 Å². The number of anilines is 3. The summed E-state index contributed by atoms with van der Waals surface area (Å²) in [6, 6.07) is 13.8. The summed E-state index contributed by atoms with van der Waals surface area (Å²) in [5.41, 5.74) is -1.49. The Balaban J connectivity index is 1.37. The van der Waals surface area contributed by atoms with Crippen molar-refractivity contribution in [2.75, 3.05) is 14.2 Å². The van der Waals surface area contributed by atoms with Crippen LogP contribution in [0.3, 0.4) is 0 Å². The molecule has 0 amide bonds. The van der Waals surface area contributed by atoms with Gasteiger partial charge in [-0.3, -0.25) is 36.9 Å². The van der Waals surface area contributed by atoms with Crippen molar-refractivity contribution in [2.24, 2.45) is 0 Å². The molecule has 9 N–H and O–H groups in total. The van der Waals surface area contributed by atoms with Crippen molar-refractivity contribution in [3.8, 4) is 0 Å². The molecule has 0 aromatic heterocycles. The Morgan fingerprint density at radius 2 is 0.653 bits per heavy atom. The van der Waals surface area contributed by atoms with Gasteiger partial charge in [0, 0.05) is 38.1 Å². The highest BCUT2D eigenvalue weighted by Gasteiger charge is 2.29. The molecule has 0 radical (unpaired) electrons. The van der Waals surface area contributed by atoms with Crippen LogP contribution >= 0.6 is 12.0 Å². The Kier molecular flexibility index (Phi) is 14.0. The van der Waals surface area contributed by atoms with E-state index in [1.165, 1.54) is 6.07 Å². The fourth-order valence-electron chi connectivity index (χ4n) is 6.81. The molecule has 0 saturated heterocycles. The first-order valence-corrected chi connectivity index (χ1v) is 30.8. The van der Waals surface area contributed by atoms with Crippen molar-refractivity contribution < 1.29 is 105 Å². The van der Waals surface area contributed by atoms with Crippen LogP contribution in [-0.4, -0.2) is 95.4 Å². The Hall–Kier alpha value is -5.65. The second-order valence-electron chi connectivity index (χ2n) is 14.6. The fourth-order valence-corrected chi connectivity index (χ4v) is 14.4. The van der Waals surface area contributed by atoms with Gasteiger partial charge in [0.2, 0.25) is 0 Å². The molecule has 0 bridgehead atoms. The van der Waals surface area contributed by atoms with E-state index in [0.29, 0.717) is 42.5 Å². The molecule has 0 unspecified atom stereocenters. The molecule has 0 heterocycles. The Bertz CT molecular complexity index is 4220. The second-order valence-corrected chi connectivity index (χ2v) is 27.5. The first kappa shape index (κ1) is 54.1. The van der Waals surface area contributed by atoms with E-state index in [1.807, 2.05) is 9.44 Å². The maximum Gasteiger partial charge on any atom is 0.295 e. The summed E-state index contributed by atoms with van der Waals surface area (Å²) in [6.45, 7) is 0. The van der Waals surface area contributed by atoms with Crippen molar-refractivity contribution in [1.82, 2.24) is 0 Å². The van der Waals surface area contributed by atoms with Gasteiger partial charge < -0.3 is 0 Å². The molecular weight excluding hydrogens is 1150 g/mol. The minimum Gasteiger partial charge on any atom is -0.282 e. The molecule has 0 fully saturated rings. The molecule has 72 heavy (non-hydrogen) atoms. The summed E-state index contributed by atoms with van der Waals surface area (Å²) in [5.74, 6) is 0. The summed E-state index contributed by atoms with van der Waals surface area (Å²) in [6.07, 6.45) is 0. The zero-order valence-corrected chi connectivity index (χ0v) is 41.9. The average Bonchev–Trinajstić information content (AvgIpc) is 3.24. The third-order valence-electron chi connectivity index (χ3n) is 9.80. The quantitative estimate of drug-likeness (QED) is 0.0267. The molecule has 7 rings (SSSR count). The van der Waals surface area contributed by atoms with E-state index in [0.717, 1.165) is 60.7 Å². The fraction of sp³-hybridized carbons (Fsp3) is 0. The van der Waals surface area contributed by atoms with Crippen molar-refractivity contribution in [2.45, 2.75) is 44.1 Å². The number of fused-ring (bicyclic) bond motifs is 3. The van der Waals surface area contributed by atoms with Gasteiger partial charge >= 0.3 is 0 Å². The average molecular weight is 1170 g/mol. The lowest BCUT2D eigenvalue weighted by atomic mass is 10.1. The van der Waals surface area contributed by atoms with Crippen molar-refractivity contribution in [1.29, 1.82) is 0 Å². The van der Waals surface area contributed by atoms with Gasteiger partial charge in [0.25, 0.3) is 80.7 Å². The molecule has 0 saturated carbocycles. The van der Waals surface area contributed by atoms with Crippen LogP contribution < -0.4 is 14.2 Å². The lowest BCUT2D eigenvalue weighted by Gasteiger charge is -2.16. The lowest BCUT2D eigenvalue weighted by molar-refractivity contribution is -0.432. The van der Waals surface area contributed by atoms with E-state index in [9.17, 15) is 90.1 Å². The maximum absolute atomic E-state index is 14.2. The van der Waals surface area contributed by atoms with Gasteiger partial charge in [0.1, 0.15) is 14.7 Å². The van der Waals surface area contributed by atoms with Crippen LogP contribution in [0, 0.1) is 0 Å². The second kappa shape index (κ2) is 18.7. The summed E-state index contributed by atoms with van der Waals surface area (Å²) < 4.78 is 265. The van der Waals surface area contributed by atoms with Gasteiger partial charge in [-0.25, -0.2) is 30.5 Å². The van der Waals surface area contributed by atoms with Crippen molar-refractivity contribution in [3.05, 3.63) is 109 Å². The molecule has 0 aliphatic rings. The first-order valence-electron chi connectivity index (χ1n) is 18.5. The van der Waals surface area contributed by atoms with Gasteiger partial charge in [-0.15, -0.1) is 4.33 Å². The van der Waals surface area contributed by atoms with Gasteiger partial charge in [0.05, 0.1) is 36.5 Å². The summed E-state index contributed by atoms with van der Waals surface area (Å²) >= 11 is 0.248. The van der Waals surface area contributed by atoms with E-state index in [4.69, 9.17) is 5.26 Å². The highest BCUT2D eigenvalue weighted by molar-refractivity contribution is 7.95. The van der Waals surface area contributed by atoms with E-state index < -0.39 is 158 Å². The molecule has 7 aromatic rings. The van der Waals surface area contributed by atoms with E-state index in [1.54, 1.807) is 0 Å². The minimum atomic E-state index is -5.25. The first-order chi connectivity index (χ1) is 33.0. The topological polar surface area (TPSA) is 449 Å². The summed E-state index contributed by atoms with van der Waals surface area (Å²) in [7, 11) is -41.4. The van der Waals surface area contributed by atoms with Crippen molar-refractivity contribution >= 4 is 142 Å². The highest BCUT2D eigenvalue weighted by atomic mass is 32.2. The third-order valence-corrected chi connectivity index (χ3v) is 18.8. The predicted molar refractivity (Wildman–Crippen MR) is 250 cm³/mol. The molecule has 0 aliphatic heterocycles. The van der Waals surface area contributed by atoms with E-state index >= 15 is 0 Å². The standard InChI is InChI=1S/C36H27N3O24S9/c40-62-63-64-25-10-19-7-22(1-4-31(19)34(13-25)70(53,54)55)37-65(41,42)26-14-27(66(43,44)38-23-2-5-32-20(8-23)11-29(68(47,48)49)17-35(32)71(56,57)58)16-28(15-26)67(45,46)39-24-3-6-33-21(9-24)12-30(69(50,51)52)18-36(33)72(59,60)61/h1-18,37-40H,(H,47,48,49)(H,50,51,52)(H,53,54,55)(H,56,57,58)(H,59,60,61). The Morgan fingerprint density at radius 1 is 0.347 bits per heavy atom. The molecule has 36 heteroatoms. The highest BCUT2D eigenvalue weighted by Crippen LogP contribution is 2.36. The molecule has 0 atom stereocenters. The third kappa shape index (κ3) is 11.7. The monoisotopic (exact) mass is 1170 g/mol. The molecule has 384 valence electrons. The van der Waals surface area contributed by atoms with E-state index in [2.05, 4.69) is 14.1 Å². The normalized spacial score (nSPS) is 13.4. The molecule has 0 spiro atoms. The molecule has 27 nitrogen and oxygen atoms in total. The molecule has 7 aromatic carbocycles. The predicted octanol–water partition coefficient (Wildman–Crippen LogP) is 4.21. The number of benzene rings is 7. The number of hydrogen-bond donors (Lipinski definition) is 9. The van der Waals surface area contributed by atoms with Crippen molar-refractivity contribution in [3.63, 3.8) is 0 Å². The van der Waals surface area contributed by atoms with Crippen LogP contribution in [0.5, 0.6) is 0 Å². The number of nitrogens with one attached hydrogen (secondary N) is 3. The molecule has 0 aliphatic carbocycles. The Morgan fingerprint density at radius 3 is 0.944 bits per heavy atom. The van der Waals surface area contributed by atoms with Crippen LogP contribution in [-0.2, 0) is 90.0 Å². The zero-order valence-electron chi connectivity index (χ0n) is 34.6. The lowest BCUT2D eigenvalue weighted by Crippen LogP contribution is -2.19. The Labute approximate surface area is 411 Å². The van der Waals surface area contributed by atoms with Crippen LogP contribution in [0.25, 0.3) is 32.3 Å². The zero-order chi connectivity index (χ0) is 53.4. The number of sulfonamides is 3. The SMILES string of the molecule is O=S(=O)(O)c1cc(S(=O)(=O)O)c2ccc(NS(=O)(=O)c3cc(S(=O)(=O)Nc4ccc5c(S(=O)(=O)O)cc(SOOO)cc5c4)cc(S(=O)(=O)Nc4ccc5c(S(=O)(=O)O)cc(S(=O)(=O)O)cc5c4)c3)cc2c1. The summed E-state index contributed by atoms with van der Waals surface area (Å²) in [4.78, 5) is -8.49. The van der Waals surface area contributed by atoms with Gasteiger partial charge in [-0.05, 0) is 107 Å².